The molecule has 0 saturated heterocycles. The average Bonchev–Trinajstić information content (AvgIpc) is 2.32. The lowest BCUT2D eigenvalue weighted by Crippen LogP contribution is -2.41. The third-order valence-electron chi connectivity index (χ3n) is 2.23. The molecule has 0 aliphatic rings. The number of carboxylic acids is 2. The molecule has 0 bridgehead atoms. The molecule has 1 amide bonds. The molecular formula is C11H17F2NO6. The maximum atomic E-state index is 11.7. The summed E-state index contributed by atoms with van der Waals surface area (Å²) in [7, 11) is 0. The molecule has 3 N–H and O–H groups in total. The number of carbonyl (C=O) groups excluding carboxylic acids is 1. The van der Waals surface area contributed by atoms with Crippen molar-refractivity contribution in [1.29, 1.82) is 0 Å². The van der Waals surface area contributed by atoms with Crippen molar-refractivity contribution in [2.45, 2.75) is 38.2 Å². The number of halogens is 2. The average molecular weight is 297 g/mol. The van der Waals surface area contributed by atoms with Crippen LogP contribution >= 0.6 is 0 Å². The summed E-state index contributed by atoms with van der Waals surface area (Å²) < 4.78 is 27.9. The SMILES string of the molecule is O=C(O)CCC[C@@H](NC(=O)CCOCC(F)F)C(=O)O. The molecule has 0 fully saturated rings. The van der Waals surface area contributed by atoms with Crippen molar-refractivity contribution in [3.05, 3.63) is 0 Å². The number of hydrogen-bond acceptors (Lipinski definition) is 4. The van der Waals surface area contributed by atoms with Gasteiger partial charge in [0.15, 0.2) is 0 Å². The molecule has 0 aliphatic carbocycles. The molecule has 7 nitrogen and oxygen atoms in total. The van der Waals surface area contributed by atoms with Crippen LogP contribution in [0.4, 0.5) is 8.78 Å². The van der Waals surface area contributed by atoms with Gasteiger partial charge in [0.1, 0.15) is 12.6 Å². The number of alkyl halides is 2. The van der Waals surface area contributed by atoms with Crippen molar-refractivity contribution < 1.29 is 38.1 Å². The lowest BCUT2D eigenvalue weighted by Gasteiger charge is -2.14. The Kier molecular flexibility index (Phi) is 9.18. The minimum atomic E-state index is -2.62. The summed E-state index contributed by atoms with van der Waals surface area (Å²) >= 11 is 0. The zero-order valence-corrected chi connectivity index (χ0v) is 10.7. The third kappa shape index (κ3) is 10.2. The number of nitrogens with one attached hydrogen (secondary N) is 1. The third-order valence-corrected chi connectivity index (χ3v) is 2.23. The summed E-state index contributed by atoms with van der Waals surface area (Å²) in [6.45, 7) is -1.02. The smallest absolute Gasteiger partial charge is 0.326 e. The fraction of sp³-hybridized carbons (Fsp3) is 0.727. The van der Waals surface area contributed by atoms with E-state index >= 15 is 0 Å². The minimum Gasteiger partial charge on any atom is -0.481 e. The Balaban J connectivity index is 3.95. The van der Waals surface area contributed by atoms with Gasteiger partial charge in [-0.1, -0.05) is 0 Å². The maximum absolute atomic E-state index is 11.7. The lowest BCUT2D eigenvalue weighted by molar-refractivity contribution is -0.143. The van der Waals surface area contributed by atoms with Crippen molar-refractivity contribution in [3.63, 3.8) is 0 Å². The van der Waals surface area contributed by atoms with Gasteiger partial charge in [0.25, 0.3) is 6.43 Å². The molecule has 9 heteroatoms. The first-order valence-electron chi connectivity index (χ1n) is 5.92. The second-order valence-corrected chi connectivity index (χ2v) is 3.96. The van der Waals surface area contributed by atoms with Crippen LogP contribution in [0.15, 0.2) is 0 Å². The van der Waals surface area contributed by atoms with E-state index in [0.29, 0.717) is 0 Å². The standard InChI is InChI=1S/C11H17F2NO6/c12-8(13)6-20-5-4-9(15)14-7(11(18)19)2-1-3-10(16)17/h7-8H,1-6H2,(H,14,15)(H,16,17)(H,18,19)/t7-/m1/s1. The van der Waals surface area contributed by atoms with Gasteiger partial charge in [0.2, 0.25) is 5.91 Å². The van der Waals surface area contributed by atoms with E-state index < -0.39 is 36.9 Å². The van der Waals surface area contributed by atoms with Gasteiger partial charge in [-0.15, -0.1) is 0 Å². The van der Waals surface area contributed by atoms with Gasteiger partial charge in [-0.25, -0.2) is 13.6 Å². The Hall–Kier alpha value is -1.77. The van der Waals surface area contributed by atoms with Crippen LogP contribution in [0, 0.1) is 0 Å². The van der Waals surface area contributed by atoms with Crippen molar-refractivity contribution in [3.8, 4) is 0 Å². The predicted molar refractivity (Wildman–Crippen MR) is 62.5 cm³/mol. The Labute approximate surface area is 113 Å². The van der Waals surface area contributed by atoms with E-state index in [1.54, 1.807) is 0 Å². The van der Waals surface area contributed by atoms with Crippen LogP contribution in [-0.2, 0) is 19.1 Å². The van der Waals surface area contributed by atoms with E-state index in [1.807, 2.05) is 0 Å². The second kappa shape index (κ2) is 10.1. The van der Waals surface area contributed by atoms with Crippen LogP contribution < -0.4 is 5.32 Å². The van der Waals surface area contributed by atoms with Gasteiger partial charge < -0.3 is 20.3 Å². The first-order valence-corrected chi connectivity index (χ1v) is 5.92. The summed E-state index contributed by atoms with van der Waals surface area (Å²) in [5.74, 6) is -2.99. The summed E-state index contributed by atoms with van der Waals surface area (Å²) in [5.41, 5.74) is 0. The second-order valence-electron chi connectivity index (χ2n) is 3.96. The molecule has 0 heterocycles. The van der Waals surface area contributed by atoms with E-state index in [9.17, 15) is 23.2 Å². The summed E-state index contributed by atoms with van der Waals surface area (Å²) in [6.07, 6.45) is -2.98. The lowest BCUT2D eigenvalue weighted by atomic mass is 10.1. The first kappa shape index (κ1) is 18.2. The van der Waals surface area contributed by atoms with Crippen LogP contribution in [0.25, 0.3) is 0 Å². The molecule has 0 radical (unpaired) electrons. The molecule has 0 aromatic rings. The van der Waals surface area contributed by atoms with Crippen LogP contribution in [0.2, 0.25) is 0 Å². The first-order chi connectivity index (χ1) is 9.32. The van der Waals surface area contributed by atoms with E-state index in [0.717, 1.165) is 0 Å². The van der Waals surface area contributed by atoms with E-state index in [2.05, 4.69) is 10.1 Å². The largest absolute Gasteiger partial charge is 0.481 e. The Morgan fingerprint density at radius 1 is 1.15 bits per heavy atom. The van der Waals surface area contributed by atoms with Gasteiger partial charge in [-0.3, -0.25) is 9.59 Å². The fourth-order valence-electron chi connectivity index (χ4n) is 1.32. The summed E-state index contributed by atoms with van der Waals surface area (Å²) in [6, 6.07) is -1.20. The van der Waals surface area contributed by atoms with Gasteiger partial charge in [0, 0.05) is 12.8 Å². The molecule has 1 atom stereocenters. The normalized spacial score (nSPS) is 12.2. The van der Waals surface area contributed by atoms with Gasteiger partial charge in [-0.05, 0) is 12.8 Å². The quantitative estimate of drug-likeness (QED) is 0.478. The summed E-state index contributed by atoms with van der Waals surface area (Å²) in [5, 5.41) is 19.4. The van der Waals surface area contributed by atoms with Crippen LogP contribution in [0.3, 0.4) is 0 Å². The number of amides is 1. The monoisotopic (exact) mass is 297 g/mol. The van der Waals surface area contributed by atoms with Crippen molar-refractivity contribution in [2.75, 3.05) is 13.2 Å². The van der Waals surface area contributed by atoms with Crippen LogP contribution in [0.1, 0.15) is 25.7 Å². The highest BCUT2D eigenvalue weighted by molar-refractivity contribution is 5.83. The number of carbonyl (C=O) groups is 3. The fourth-order valence-corrected chi connectivity index (χ4v) is 1.32. The Morgan fingerprint density at radius 2 is 1.80 bits per heavy atom. The highest BCUT2D eigenvalue weighted by Gasteiger charge is 2.19. The van der Waals surface area contributed by atoms with E-state index in [1.165, 1.54) is 0 Å². The molecule has 20 heavy (non-hydrogen) atoms. The highest BCUT2D eigenvalue weighted by Crippen LogP contribution is 2.02. The topological polar surface area (TPSA) is 113 Å². The zero-order chi connectivity index (χ0) is 15.5. The Bertz CT molecular complexity index is 337. The zero-order valence-electron chi connectivity index (χ0n) is 10.7. The molecule has 0 unspecified atom stereocenters. The highest BCUT2D eigenvalue weighted by atomic mass is 19.3. The van der Waals surface area contributed by atoms with Crippen molar-refractivity contribution >= 4 is 17.8 Å². The molecule has 116 valence electrons. The molecule has 0 spiro atoms. The molecule has 0 aliphatic heterocycles. The molecule has 0 aromatic carbocycles. The molecule has 0 aromatic heterocycles. The maximum Gasteiger partial charge on any atom is 0.326 e. The van der Waals surface area contributed by atoms with Crippen LogP contribution in [0.5, 0.6) is 0 Å². The summed E-state index contributed by atoms with van der Waals surface area (Å²) in [4.78, 5) is 32.5. The van der Waals surface area contributed by atoms with Gasteiger partial charge in [-0.2, -0.15) is 0 Å². The number of rotatable bonds is 11. The Morgan fingerprint density at radius 3 is 2.30 bits per heavy atom. The number of carboxylic acid groups (broad SMARTS) is 2. The van der Waals surface area contributed by atoms with E-state index in [4.69, 9.17) is 10.2 Å². The molecule has 0 rings (SSSR count). The van der Waals surface area contributed by atoms with Crippen LogP contribution in [-0.4, -0.2) is 53.7 Å². The predicted octanol–water partition coefficient (Wildman–Crippen LogP) is 0.482. The number of aliphatic carboxylic acids is 2. The minimum absolute atomic E-state index is 0.0226. The molecule has 0 saturated carbocycles. The van der Waals surface area contributed by atoms with E-state index in [-0.39, 0.29) is 32.3 Å². The van der Waals surface area contributed by atoms with Gasteiger partial charge >= 0.3 is 11.9 Å². The number of hydrogen-bond donors (Lipinski definition) is 3. The van der Waals surface area contributed by atoms with Gasteiger partial charge in [0.05, 0.1) is 6.61 Å². The number of ether oxygens (including phenoxy) is 1. The molecular weight excluding hydrogens is 280 g/mol. The van der Waals surface area contributed by atoms with Crippen molar-refractivity contribution in [2.24, 2.45) is 0 Å². The van der Waals surface area contributed by atoms with Crippen molar-refractivity contribution in [1.82, 2.24) is 5.32 Å².